The number of aromatic nitrogens is 2. The fraction of sp³-hybridized carbons (Fsp3) is 0.440. The molecule has 1 fully saturated rings. The van der Waals surface area contributed by atoms with E-state index in [1.807, 2.05) is 37.2 Å². The smallest absolute Gasteiger partial charge is 0.225 e. The lowest BCUT2D eigenvalue weighted by Gasteiger charge is -2.29. The van der Waals surface area contributed by atoms with Crippen LogP contribution in [0.4, 0.5) is 20.5 Å². The summed E-state index contributed by atoms with van der Waals surface area (Å²) < 4.78 is 26.3. The Bertz CT molecular complexity index is 1060. The molecule has 0 saturated heterocycles. The second-order valence-corrected chi connectivity index (χ2v) is 8.85. The Morgan fingerprint density at radius 3 is 2.38 bits per heavy atom. The molecule has 4 rings (SSSR count). The lowest BCUT2D eigenvalue weighted by Crippen LogP contribution is -2.32. The van der Waals surface area contributed by atoms with E-state index in [1.54, 1.807) is 6.07 Å². The second kappa shape index (κ2) is 13.0. The van der Waals surface area contributed by atoms with Crippen molar-refractivity contribution in [1.29, 1.82) is 0 Å². The summed E-state index contributed by atoms with van der Waals surface area (Å²) in [5.74, 6) is 0.686. The lowest BCUT2D eigenvalue weighted by molar-refractivity contribution is 0.325. The molecule has 186 valence electrons. The summed E-state index contributed by atoms with van der Waals surface area (Å²) >= 11 is 0. The standard InChI is InChI=1S/C25H31F2N5.2ClH/c1-32(2)24-20-5-3-4-6-23(20)30-25(31-24)29-19-10-7-18(8-11-19)16-28-14-13-17-9-12-21(26)22(27)15-17;;/h3-6,9,12,15,18-19,28H,7-8,10-11,13-14,16H2,1-2H3,(H,29,30,31);2*1H/t18-,19+;;. The van der Waals surface area contributed by atoms with E-state index < -0.39 is 11.6 Å². The Labute approximate surface area is 212 Å². The zero-order chi connectivity index (χ0) is 22.5. The van der Waals surface area contributed by atoms with Crippen LogP contribution in [0.1, 0.15) is 31.2 Å². The normalized spacial score (nSPS) is 17.5. The Kier molecular flexibility index (Phi) is 10.7. The topological polar surface area (TPSA) is 53.1 Å². The van der Waals surface area contributed by atoms with Gasteiger partial charge in [0.05, 0.1) is 5.52 Å². The van der Waals surface area contributed by atoms with Crippen molar-refractivity contribution in [2.75, 3.05) is 37.4 Å². The van der Waals surface area contributed by atoms with E-state index in [-0.39, 0.29) is 24.8 Å². The van der Waals surface area contributed by atoms with Gasteiger partial charge in [0.15, 0.2) is 11.6 Å². The van der Waals surface area contributed by atoms with Gasteiger partial charge in [0.1, 0.15) is 5.82 Å². The molecule has 0 spiro atoms. The summed E-state index contributed by atoms with van der Waals surface area (Å²) in [7, 11) is 4.01. The van der Waals surface area contributed by atoms with Crippen LogP contribution in [-0.2, 0) is 6.42 Å². The first-order valence-electron chi connectivity index (χ1n) is 11.3. The minimum Gasteiger partial charge on any atom is -0.362 e. The van der Waals surface area contributed by atoms with Gasteiger partial charge in [-0.2, -0.15) is 4.98 Å². The van der Waals surface area contributed by atoms with E-state index in [1.165, 1.54) is 12.1 Å². The van der Waals surface area contributed by atoms with Crippen LogP contribution in [-0.4, -0.2) is 43.2 Å². The predicted molar refractivity (Wildman–Crippen MR) is 141 cm³/mol. The van der Waals surface area contributed by atoms with Crippen LogP contribution in [0.3, 0.4) is 0 Å². The van der Waals surface area contributed by atoms with Gasteiger partial charge in [-0.1, -0.05) is 18.2 Å². The molecule has 1 aliphatic carbocycles. The van der Waals surface area contributed by atoms with Crippen LogP contribution in [0.5, 0.6) is 0 Å². The molecule has 0 atom stereocenters. The first-order valence-corrected chi connectivity index (χ1v) is 11.3. The van der Waals surface area contributed by atoms with Gasteiger partial charge in [-0.25, -0.2) is 13.8 Å². The van der Waals surface area contributed by atoms with Crippen LogP contribution >= 0.6 is 24.8 Å². The third-order valence-corrected chi connectivity index (χ3v) is 6.19. The first kappa shape index (κ1) is 28.0. The van der Waals surface area contributed by atoms with Crippen molar-refractivity contribution in [3.63, 3.8) is 0 Å². The zero-order valence-electron chi connectivity index (χ0n) is 19.6. The number of anilines is 2. The van der Waals surface area contributed by atoms with Crippen molar-refractivity contribution < 1.29 is 8.78 Å². The van der Waals surface area contributed by atoms with Crippen molar-refractivity contribution in [2.45, 2.75) is 38.1 Å². The maximum absolute atomic E-state index is 13.3. The molecule has 0 aliphatic heterocycles. The number of fused-ring (bicyclic) bond motifs is 1. The molecular weight excluding hydrogens is 479 g/mol. The molecule has 34 heavy (non-hydrogen) atoms. The Balaban J connectivity index is 0.00000204. The molecule has 0 unspecified atom stereocenters. The van der Waals surface area contributed by atoms with Crippen molar-refractivity contribution in [2.24, 2.45) is 5.92 Å². The van der Waals surface area contributed by atoms with Gasteiger partial charge in [-0.05, 0) is 80.9 Å². The number of halogens is 4. The molecule has 0 radical (unpaired) electrons. The third kappa shape index (κ3) is 7.14. The van der Waals surface area contributed by atoms with Crippen LogP contribution in [0.2, 0.25) is 0 Å². The van der Waals surface area contributed by atoms with Crippen molar-refractivity contribution in [3.05, 3.63) is 59.7 Å². The summed E-state index contributed by atoms with van der Waals surface area (Å²) in [5, 5.41) is 8.08. The van der Waals surface area contributed by atoms with E-state index in [2.05, 4.69) is 16.7 Å². The highest BCUT2D eigenvalue weighted by atomic mass is 35.5. The van der Waals surface area contributed by atoms with Gasteiger partial charge in [-0.15, -0.1) is 24.8 Å². The van der Waals surface area contributed by atoms with Crippen LogP contribution < -0.4 is 15.5 Å². The van der Waals surface area contributed by atoms with Crippen LogP contribution in [0, 0.1) is 17.6 Å². The molecule has 2 aromatic carbocycles. The molecule has 0 amide bonds. The minimum atomic E-state index is -0.792. The van der Waals surface area contributed by atoms with E-state index in [0.29, 0.717) is 24.3 Å². The molecule has 1 heterocycles. The van der Waals surface area contributed by atoms with Gasteiger partial charge in [-0.3, -0.25) is 0 Å². The van der Waals surface area contributed by atoms with Gasteiger partial charge in [0.2, 0.25) is 5.95 Å². The Morgan fingerprint density at radius 2 is 1.68 bits per heavy atom. The van der Waals surface area contributed by atoms with E-state index >= 15 is 0 Å². The molecule has 5 nitrogen and oxygen atoms in total. The molecular formula is C25H33Cl2F2N5. The summed E-state index contributed by atoms with van der Waals surface area (Å²) in [5.41, 5.74) is 1.77. The number of nitrogens with one attached hydrogen (secondary N) is 2. The molecule has 0 bridgehead atoms. The average molecular weight is 512 g/mol. The van der Waals surface area contributed by atoms with E-state index in [9.17, 15) is 8.78 Å². The van der Waals surface area contributed by atoms with Crippen LogP contribution in [0.15, 0.2) is 42.5 Å². The third-order valence-electron chi connectivity index (χ3n) is 6.19. The summed E-state index contributed by atoms with van der Waals surface area (Å²) in [4.78, 5) is 11.5. The fourth-order valence-corrected chi connectivity index (χ4v) is 4.39. The number of hydrogen-bond donors (Lipinski definition) is 2. The SMILES string of the molecule is CN(C)c1nc(N[C@H]2CC[C@@H](CNCCc3ccc(F)c(F)c3)CC2)nc2ccccc12.Cl.Cl. The number of nitrogens with zero attached hydrogens (tertiary/aromatic N) is 3. The van der Waals surface area contributed by atoms with Crippen molar-refractivity contribution in [3.8, 4) is 0 Å². The average Bonchev–Trinajstić information content (AvgIpc) is 2.79. The van der Waals surface area contributed by atoms with Crippen molar-refractivity contribution >= 4 is 47.5 Å². The Hall–Kier alpha value is -2.22. The van der Waals surface area contributed by atoms with Crippen LogP contribution in [0.25, 0.3) is 10.9 Å². The second-order valence-electron chi connectivity index (χ2n) is 8.85. The van der Waals surface area contributed by atoms with Crippen molar-refractivity contribution in [1.82, 2.24) is 15.3 Å². The largest absolute Gasteiger partial charge is 0.362 e. The molecule has 2 N–H and O–H groups in total. The lowest BCUT2D eigenvalue weighted by atomic mass is 9.86. The number of benzene rings is 2. The van der Waals surface area contributed by atoms with E-state index in [4.69, 9.17) is 9.97 Å². The van der Waals surface area contributed by atoms with Gasteiger partial charge in [0, 0.05) is 25.5 Å². The summed E-state index contributed by atoms with van der Waals surface area (Å²) in [6.07, 6.45) is 5.15. The Morgan fingerprint density at radius 1 is 0.941 bits per heavy atom. The highest BCUT2D eigenvalue weighted by Gasteiger charge is 2.22. The number of rotatable bonds is 8. The van der Waals surface area contributed by atoms with Gasteiger partial charge >= 0.3 is 0 Å². The number of hydrogen-bond acceptors (Lipinski definition) is 5. The molecule has 1 saturated carbocycles. The highest BCUT2D eigenvalue weighted by Crippen LogP contribution is 2.28. The quantitative estimate of drug-likeness (QED) is 0.384. The zero-order valence-corrected chi connectivity index (χ0v) is 21.2. The maximum Gasteiger partial charge on any atom is 0.225 e. The summed E-state index contributed by atoms with van der Waals surface area (Å²) in [6.45, 7) is 1.72. The van der Waals surface area contributed by atoms with Gasteiger partial charge < -0.3 is 15.5 Å². The number of para-hydroxylation sites is 1. The van der Waals surface area contributed by atoms with Gasteiger partial charge in [0.25, 0.3) is 0 Å². The summed E-state index contributed by atoms with van der Waals surface area (Å²) in [6, 6.07) is 12.6. The first-order chi connectivity index (χ1) is 15.5. The maximum atomic E-state index is 13.3. The fourth-order valence-electron chi connectivity index (χ4n) is 4.39. The highest BCUT2D eigenvalue weighted by molar-refractivity contribution is 5.90. The molecule has 1 aliphatic rings. The molecule has 9 heteroatoms. The molecule has 3 aromatic rings. The molecule has 1 aromatic heterocycles. The minimum absolute atomic E-state index is 0. The van der Waals surface area contributed by atoms with E-state index in [0.717, 1.165) is 61.1 Å². The monoisotopic (exact) mass is 511 g/mol. The predicted octanol–water partition coefficient (Wildman–Crippen LogP) is 5.62.